The highest BCUT2D eigenvalue weighted by atomic mass is 16.5. The molecule has 1 spiro atoms. The Labute approximate surface area is 203 Å². The number of carbonyl (C=O) groups is 2. The van der Waals surface area contributed by atoms with E-state index in [1.54, 1.807) is 6.07 Å². The summed E-state index contributed by atoms with van der Waals surface area (Å²) in [5.74, 6) is 1.34. The molecule has 1 unspecified atom stereocenters. The molecule has 0 bridgehead atoms. The Balaban J connectivity index is 1.12. The number of aromatic nitrogens is 2. The van der Waals surface area contributed by atoms with Crippen LogP contribution in [0.1, 0.15) is 47.0 Å². The number of benzene rings is 2. The second-order valence-electron chi connectivity index (χ2n) is 9.16. The monoisotopic (exact) mass is 472 g/mol. The molecule has 0 aliphatic carbocycles. The minimum atomic E-state index is -0.757. The summed E-state index contributed by atoms with van der Waals surface area (Å²) in [5.41, 5.74) is 1.53. The molecular weight excluding hydrogens is 444 g/mol. The van der Waals surface area contributed by atoms with Gasteiger partial charge >= 0.3 is 0 Å². The lowest BCUT2D eigenvalue weighted by atomic mass is 9.82. The van der Waals surface area contributed by atoms with Crippen LogP contribution in [0.15, 0.2) is 66.7 Å². The number of ketones is 1. The van der Waals surface area contributed by atoms with Gasteiger partial charge in [0.25, 0.3) is 0 Å². The van der Waals surface area contributed by atoms with Crippen molar-refractivity contribution in [3.63, 3.8) is 0 Å². The summed E-state index contributed by atoms with van der Waals surface area (Å²) in [5, 5.41) is 21.5. The zero-order valence-electron chi connectivity index (χ0n) is 19.4. The third-order valence-corrected chi connectivity index (χ3v) is 6.72. The molecule has 1 atom stereocenters. The predicted molar refractivity (Wildman–Crippen MR) is 130 cm³/mol. The second kappa shape index (κ2) is 9.84. The van der Waals surface area contributed by atoms with Gasteiger partial charge in [-0.05, 0) is 29.8 Å². The van der Waals surface area contributed by atoms with Crippen LogP contribution in [0, 0.1) is 0 Å². The van der Waals surface area contributed by atoms with E-state index in [9.17, 15) is 14.7 Å². The van der Waals surface area contributed by atoms with Crippen molar-refractivity contribution in [2.45, 2.75) is 37.4 Å². The maximum atomic E-state index is 12.6. The van der Waals surface area contributed by atoms with Gasteiger partial charge < -0.3 is 20.1 Å². The van der Waals surface area contributed by atoms with Crippen LogP contribution in [0.25, 0.3) is 0 Å². The Morgan fingerprint density at radius 2 is 1.77 bits per heavy atom. The molecule has 2 aliphatic rings. The van der Waals surface area contributed by atoms with Crippen LogP contribution in [0.2, 0.25) is 0 Å². The number of aliphatic hydroxyl groups excluding tert-OH is 1. The van der Waals surface area contributed by atoms with E-state index >= 15 is 0 Å². The first-order chi connectivity index (χ1) is 17.0. The van der Waals surface area contributed by atoms with Crippen LogP contribution in [0.3, 0.4) is 0 Å². The minimum Gasteiger partial charge on any atom is -0.486 e. The van der Waals surface area contributed by atoms with Gasteiger partial charge in [0, 0.05) is 32.5 Å². The molecule has 35 heavy (non-hydrogen) atoms. The number of hydrogen-bond donors (Lipinski definition) is 2. The van der Waals surface area contributed by atoms with Gasteiger partial charge in [-0.15, -0.1) is 5.10 Å². The molecule has 180 valence electrons. The molecule has 1 aromatic heterocycles. The van der Waals surface area contributed by atoms with Gasteiger partial charge in [-0.25, -0.2) is 0 Å². The number of Topliss-reactive ketones (excluding diaryl/α,β-unsaturated/α-hetero) is 1. The molecule has 2 aromatic carbocycles. The van der Waals surface area contributed by atoms with Crippen molar-refractivity contribution in [1.82, 2.24) is 15.5 Å². The molecule has 8 nitrogen and oxygen atoms in total. The molecule has 3 aromatic rings. The maximum Gasteiger partial charge on any atom is 0.226 e. The van der Waals surface area contributed by atoms with Gasteiger partial charge in [0.15, 0.2) is 11.6 Å². The number of rotatable bonds is 6. The fourth-order valence-electron chi connectivity index (χ4n) is 4.71. The summed E-state index contributed by atoms with van der Waals surface area (Å²) in [7, 11) is 0. The van der Waals surface area contributed by atoms with Gasteiger partial charge in [-0.3, -0.25) is 9.59 Å². The Bertz CT molecular complexity index is 1190. The average Bonchev–Trinajstić information content (AvgIpc) is 2.89. The second-order valence-corrected chi connectivity index (χ2v) is 9.16. The zero-order chi connectivity index (χ0) is 24.3. The Hall–Kier alpha value is -3.78. The first-order valence-electron chi connectivity index (χ1n) is 11.9. The standard InChI is InChI=1S/C27H28N4O4/c32-22-17-27(35-24-9-5-4-8-21(22)24)12-14-31(15-13-27)25-11-10-20(29-30-25)16-26(34)28-18-23(33)19-6-2-1-3-7-19/h1-11,23,33H,12-18H2,(H,28,34). The van der Waals surface area contributed by atoms with E-state index in [0.717, 1.165) is 24.2 Å². The molecule has 0 saturated carbocycles. The minimum absolute atomic E-state index is 0.0905. The predicted octanol–water partition coefficient (Wildman–Crippen LogP) is 2.87. The van der Waals surface area contributed by atoms with Crippen LogP contribution in [-0.4, -0.2) is 52.2 Å². The molecule has 1 amide bonds. The zero-order valence-corrected chi connectivity index (χ0v) is 19.4. The normalized spacial score (nSPS) is 17.4. The van der Waals surface area contributed by atoms with E-state index in [2.05, 4.69) is 20.4 Å². The lowest BCUT2D eigenvalue weighted by Crippen LogP contribution is -2.51. The van der Waals surface area contributed by atoms with Gasteiger partial charge in [0.1, 0.15) is 11.4 Å². The number of nitrogens with one attached hydrogen (secondary N) is 1. The molecule has 0 radical (unpaired) electrons. The van der Waals surface area contributed by atoms with E-state index in [1.807, 2.05) is 60.7 Å². The van der Waals surface area contributed by atoms with E-state index < -0.39 is 11.7 Å². The maximum absolute atomic E-state index is 12.6. The summed E-state index contributed by atoms with van der Waals surface area (Å²) < 4.78 is 6.30. The molecule has 1 saturated heterocycles. The van der Waals surface area contributed by atoms with Crippen LogP contribution in [-0.2, 0) is 11.2 Å². The summed E-state index contributed by atoms with van der Waals surface area (Å²) in [6.45, 7) is 1.56. The number of aliphatic hydroxyl groups is 1. The molecule has 5 rings (SSSR count). The highest BCUT2D eigenvalue weighted by Gasteiger charge is 2.43. The van der Waals surface area contributed by atoms with Crippen molar-refractivity contribution in [1.29, 1.82) is 0 Å². The SMILES string of the molecule is O=C(Cc1ccc(N2CCC3(CC2)CC(=O)c2ccccc2O3)nn1)NCC(O)c1ccccc1. The Morgan fingerprint density at radius 3 is 2.51 bits per heavy atom. The van der Waals surface area contributed by atoms with Crippen LogP contribution in [0.5, 0.6) is 5.75 Å². The van der Waals surface area contributed by atoms with Gasteiger partial charge in [-0.2, -0.15) is 5.10 Å². The van der Waals surface area contributed by atoms with E-state index in [1.165, 1.54) is 0 Å². The summed E-state index contributed by atoms with van der Waals surface area (Å²) in [4.78, 5) is 27.0. The largest absolute Gasteiger partial charge is 0.486 e. The number of amides is 1. The molecule has 3 heterocycles. The quantitative estimate of drug-likeness (QED) is 0.568. The number of carbonyl (C=O) groups excluding carboxylic acids is 2. The van der Waals surface area contributed by atoms with E-state index in [-0.39, 0.29) is 24.7 Å². The van der Waals surface area contributed by atoms with Crippen LogP contribution in [0.4, 0.5) is 5.82 Å². The number of hydrogen-bond acceptors (Lipinski definition) is 7. The average molecular weight is 473 g/mol. The van der Waals surface area contributed by atoms with Crippen LogP contribution < -0.4 is 15.0 Å². The third kappa shape index (κ3) is 5.17. The number of nitrogens with zero attached hydrogens (tertiary/aromatic N) is 3. The summed E-state index contributed by atoms with van der Waals surface area (Å²) >= 11 is 0. The van der Waals surface area contributed by atoms with Crippen LogP contribution >= 0.6 is 0 Å². The molecule has 2 N–H and O–H groups in total. The first-order valence-corrected chi connectivity index (χ1v) is 11.9. The number of anilines is 1. The van der Waals surface area contributed by atoms with Crippen molar-refractivity contribution in [2.24, 2.45) is 0 Å². The van der Waals surface area contributed by atoms with Gasteiger partial charge in [-0.1, -0.05) is 42.5 Å². The van der Waals surface area contributed by atoms with Gasteiger partial charge in [0.05, 0.1) is 30.2 Å². The lowest BCUT2D eigenvalue weighted by molar-refractivity contribution is -0.121. The first kappa shape index (κ1) is 23.0. The molecule has 1 fully saturated rings. The number of fused-ring (bicyclic) bond motifs is 1. The number of ether oxygens (including phenoxy) is 1. The topological polar surface area (TPSA) is 105 Å². The highest BCUT2D eigenvalue weighted by Crippen LogP contribution is 2.39. The smallest absolute Gasteiger partial charge is 0.226 e. The fourth-order valence-corrected chi connectivity index (χ4v) is 4.71. The van der Waals surface area contributed by atoms with Crippen molar-refractivity contribution in [2.75, 3.05) is 24.5 Å². The summed E-state index contributed by atoms with van der Waals surface area (Å²) in [6, 6.07) is 20.3. The summed E-state index contributed by atoms with van der Waals surface area (Å²) in [6.07, 6.45) is 1.18. The van der Waals surface area contributed by atoms with Crippen molar-refractivity contribution in [3.8, 4) is 5.75 Å². The molecular formula is C27H28N4O4. The lowest BCUT2D eigenvalue weighted by Gasteiger charge is -2.44. The van der Waals surface area contributed by atoms with Crippen molar-refractivity contribution >= 4 is 17.5 Å². The number of piperidine rings is 1. The third-order valence-electron chi connectivity index (χ3n) is 6.72. The molecule has 2 aliphatic heterocycles. The molecule has 8 heteroatoms. The van der Waals surface area contributed by atoms with Crippen molar-refractivity contribution in [3.05, 3.63) is 83.6 Å². The van der Waals surface area contributed by atoms with Gasteiger partial charge in [0.2, 0.25) is 5.91 Å². The number of para-hydroxylation sites is 1. The van der Waals surface area contributed by atoms with Crippen molar-refractivity contribution < 1.29 is 19.4 Å². The van der Waals surface area contributed by atoms with E-state index in [4.69, 9.17) is 4.74 Å². The highest BCUT2D eigenvalue weighted by molar-refractivity contribution is 6.00. The fraction of sp³-hybridized carbons (Fsp3) is 0.333. The Morgan fingerprint density at radius 1 is 1.03 bits per heavy atom. The van der Waals surface area contributed by atoms with E-state index in [0.29, 0.717) is 36.5 Å². The Kier molecular flexibility index (Phi) is 6.46.